The molecule has 0 saturated carbocycles. The summed E-state index contributed by atoms with van der Waals surface area (Å²) in [5, 5.41) is 25.8. The lowest BCUT2D eigenvalue weighted by molar-refractivity contribution is -0.385. The molecule has 0 saturated heterocycles. The molecule has 9 nitrogen and oxygen atoms in total. The van der Waals surface area contributed by atoms with Crippen molar-refractivity contribution in [1.82, 2.24) is 5.01 Å². The quantitative estimate of drug-likeness (QED) is 0.504. The first-order valence-electron chi connectivity index (χ1n) is 6.99. The molecule has 10 heteroatoms. The Balaban J connectivity index is 1.97. The van der Waals surface area contributed by atoms with Crippen molar-refractivity contribution in [3.8, 4) is 5.75 Å². The van der Waals surface area contributed by atoms with Gasteiger partial charge >= 0.3 is 0 Å². The molecule has 25 heavy (non-hydrogen) atoms. The Morgan fingerprint density at radius 3 is 2.68 bits per heavy atom. The van der Waals surface area contributed by atoms with Crippen LogP contribution < -0.4 is 0 Å². The predicted molar refractivity (Wildman–Crippen MR) is 90.3 cm³/mol. The van der Waals surface area contributed by atoms with Gasteiger partial charge in [-0.2, -0.15) is 13.5 Å². The van der Waals surface area contributed by atoms with Crippen LogP contribution in [-0.2, 0) is 10.0 Å². The Labute approximate surface area is 142 Å². The minimum Gasteiger partial charge on any atom is -0.507 e. The number of phenolic OH excluding ortho intramolecular Hbond substituents is 1. The maximum atomic E-state index is 12.1. The average molecular weight is 360 g/mol. The van der Waals surface area contributed by atoms with E-state index < -0.39 is 14.9 Å². The van der Waals surface area contributed by atoms with Crippen LogP contribution in [-0.4, -0.2) is 42.6 Å². The molecule has 0 aliphatic carbocycles. The van der Waals surface area contributed by atoms with Crippen LogP contribution in [0.15, 0.2) is 56.9 Å². The summed E-state index contributed by atoms with van der Waals surface area (Å²) < 4.78 is 27.9. The van der Waals surface area contributed by atoms with E-state index >= 15 is 0 Å². The van der Waals surface area contributed by atoms with Crippen molar-refractivity contribution in [3.05, 3.63) is 63.7 Å². The first kappa shape index (κ1) is 16.6. The second kappa shape index (κ2) is 5.98. The molecule has 0 radical (unpaired) electrons. The fourth-order valence-electron chi connectivity index (χ4n) is 2.27. The lowest BCUT2D eigenvalue weighted by atomic mass is 10.2. The molecule has 0 amide bonds. The number of nitrogens with zero attached hydrogens (tertiary/aromatic N) is 4. The number of fused-ring (bicyclic) bond motifs is 1. The molecule has 1 aliphatic rings. The molecule has 1 heterocycles. The summed E-state index contributed by atoms with van der Waals surface area (Å²) in [5.41, 5.74) is 0.335. The van der Waals surface area contributed by atoms with Gasteiger partial charge in [0, 0.05) is 30.3 Å². The summed E-state index contributed by atoms with van der Waals surface area (Å²) in [6.07, 6.45) is 1.36. The lowest BCUT2D eigenvalue weighted by Gasteiger charge is -2.12. The molecule has 0 bridgehead atoms. The Morgan fingerprint density at radius 2 is 2.00 bits per heavy atom. The van der Waals surface area contributed by atoms with E-state index in [4.69, 9.17) is 0 Å². The summed E-state index contributed by atoms with van der Waals surface area (Å²) in [7, 11) is -2.54. The van der Waals surface area contributed by atoms with E-state index in [-0.39, 0.29) is 27.7 Å². The maximum Gasteiger partial charge on any atom is 0.285 e. The second-order valence-corrected chi connectivity index (χ2v) is 6.73. The zero-order valence-electron chi connectivity index (χ0n) is 12.9. The lowest BCUT2D eigenvalue weighted by Crippen LogP contribution is -2.21. The van der Waals surface area contributed by atoms with Crippen LogP contribution in [0.5, 0.6) is 5.75 Å². The Kier molecular flexibility index (Phi) is 3.97. The predicted octanol–water partition coefficient (Wildman–Crippen LogP) is 1.72. The highest BCUT2D eigenvalue weighted by atomic mass is 32.2. The number of hydrogen-bond acceptors (Lipinski definition) is 7. The van der Waals surface area contributed by atoms with Gasteiger partial charge in [0.25, 0.3) is 15.7 Å². The number of aromatic hydroxyl groups is 1. The molecule has 0 unspecified atom stereocenters. The summed E-state index contributed by atoms with van der Waals surface area (Å²) in [4.78, 5) is 9.93. The first-order valence-corrected chi connectivity index (χ1v) is 8.43. The van der Waals surface area contributed by atoms with Crippen LogP contribution in [0.4, 0.5) is 5.69 Å². The zero-order valence-corrected chi connectivity index (χ0v) is 13.7. The van der Waals surface area contributed by atoms with Crippen LogP contribution in [0.25, 0.3) is 0 Å². The van der Waals surface area contributed by atoms with Gasteiger partial charge in [0.2, 0.25) is 0 Å². The molecule has 2 aromatic rings. The van der Waals surface area contributed by atoms with E-state index in [0.29, 0.717) is 5.56 Å². The van der Waals surface area contributed by atoms with Gasteiger partial charge in [0.1, 0.15) is 10.6 Å². The number of hydrogen-bond donors (Lipinski definition) is 1. The van der Waals surface area contributed by atoms with E-state index in [1.807, 2.05) is 0 Å². The molecular weight excluding hydrogens is 348 g/mol. The van der Waals surface area contributed by atoms with Crippen LogP contribution >= 0.6 is 0 Å². The number of nitro groups is 1. The van der Waals surface area contributed by atoms with Gasteiger partial charge < -0.3 is 5.11 Å². The smallest absolute Gasteiger partial charge is 0.285 e. The van der Waals surface area contributed by atoms with Gasteiger partial charge in [0.15, 0.2) is 5.84 Å². The highest BCUT2D eigenvalue weighted by Crippen LogP contribution is 2.30. The molecule has 0 spiro atoms. The number of non-ortho nitro benzene ring substituents is 1. The minimum atomic E-state index is -4.03. The monoisotopic (exact) mass is 360 g/mol. The third-order valence-electron chi connectivity index (χ3n) is 3.51. The van der Waals surface area contributed by atoms with E-state index in [1.165, 1.54) is 36.5 Å². The van der Waals surface area contributed by atoms with Crippen LogP contribution in [0, 0.1) is 10.1 Å². The van der Waals surface area contributed by atoms with E-state index in [9.17, 15) is 23.6 Å². The van der Waals surface area contributed by atoms with Gasteiger partial charge in [-0.3, -0.25) is 10.1 Å². The van der Waals surface area contributed by atoms with Gasteiger partial charge in [-0.05, 0) is 18.2 Å². The van der Waals surface area contributed by atoms with Crippen molar-refractivity contribution in [1.29, 1.82) is 0 Å². The third kappa shape index (κ3) is 3.06. The van der Waals surface area contributed by atoms with Crippen molar-refractivity contribution < 1.29 is 18.4 Å². The molecule has 0 fully saturated rings. The molecule has 0 aromatic heterocycles. The van der Waals surface area contributed by atoms with E-state index in [0.717, 1.165) is 6.07 Å². The van der Waals surface area contributed by atoms with E-state index in [1.54, 1.807) is 18.2 Å². The number of phenols is 1. The normalized spacial score (nSPS) is 15.0. The number of nitro benzene ring substituents is 1. The second-order valence-electron chi connectivity index (χ2n) is 5.15. The zero-order chi connectivity index (χ0) is 18.2. The van der Waals surface area contributed by atoms with Crippen molar-refractivity contribution in [2.45, 2.75) is 4.90 Å². The topological polar surface area (TPSA) is 125 Å². The summed E-state index contributed by atoms with van der Waals surface area (Å²) in [5.74, 6) is 0.0632. The number of benzene rings is 2. The Morgan fingerprint density at radius 1 is 1.28 bits per heavy atom. The average Bonchev–Trinajstić information content (AvgIpc) is 2.85. The van der Waals surface area contributed by atoms with Crippen LogP contribution in [0.1, 0.15) is 11.1 Å². The fraction of sp³-hybridized carbons (Fsp3) is 0.0667. The number of sulfonamides is 1. The van der Waals surface area contributed by atoms with Crippen LogP contribution in [0.3, 0.4) is 0 Å². The molecular formula is C15H12N4O5S. The SMILES string of the molecule is CN(N=Cc1ccccc1O)C1=NS(=O)(=O)c2cc([N+](=O)[O-])ccc21. The minimum absolute atomic E-state index is 0.0247. The molecule has 1 N–H and O–H groups in total. The standard InChI is InChI=1S/C15H12N4O5S/c1-18(16-9-10-4-2-3-5-13(10)20)15-12-7-6-11(19(21)22)8-14(12)25(23,24)17-15/h2-9,20H,1H3. The molecule has 2 aromatic carbocycles. The molecule has 0 atom stereocenters. The van der Waals surface area contributed by atoms with Gasteiger partial charge in [-0.15, -0.1) is 4.40 Å². The number of para-hydroxylation sites is 1. The van der Waals surface area contributed by atoms with Crippen molar-refractivity contribution in [2.75, 3.05) is 7.05 Å². The van der Waals surface area contributed by atoms with Gasteiger partial charge in [-0.25, -0.2) is 5.01 Å². The Bertz CT molecular complexity index is 1030. The highest BCUT2D eigenvalue weighted by Gasteiger charge is 2.32. The number of hydrazone groups is 1. The highest BCUT2D eigenvalue weighted by molar-refractivity contribution is 7.90. The van der Waals surface area contributed by atoms with E-state index in [2.05, 4.69) is 9.50 Å². The van der Waals surface area contributed by atoms with Crippen molar-refractivity contribution in [2.24, 2.45) is 9.50 Å². The number of amidine groups is 1. The molecule has 1 aliphatic heterocycles. The number of rotatable bonds is 3. The van der Waals surface area contributed by atoms with Crippen molar-refractivity contribution in [3.63, 3.8) is 0 Å². The maximum absolute atomic E-state index is 12.1. The fourth-order valence-corrected chi connectivity index (χ4v) is 3.52. The van der Waals surface area contributed by atoms with Crippen LogP contribution in [0.2, 0.25) is 0 Å². The summed E-state index contributed by atoms with van der Waals surface area (Å²) in [6.45, 7) is 0. The summed E-state index contributed by atoms with van der Waals surface area (Å²) >= 11 is 0. The van der Waals surface area contributed by atoms with Crippen molar-refractivity contribution >= 4 is 27.8 Å². The largest absolute Gasteiger partial charge is 0.507 e. The van der Waals surface area contributed by atoms with Gasteiger partial charge in [-0.1, -0.05) is 12.1 Å². The molecule has 128 valence electrons. The summed E-state index contributed by atoms with van der Waals surface area (Å²) in [6, 6.07) is 10.0. The van der Waals surface area contributed by atoms with Gasteiger partial charge in [0.05, 0.1) is 11.1 Å². The Hall–Kier alpha value is -3.27. The molecule has 3 rings (SSSR count). The third-order valence-corrected chi connectivity index (χ3v) is 4.82. The first-order chi connectivity index (χ1) is 11.8.